The SMILES string of the molecule is CNC(=O)CCNCc1ccc(-c2cc3c(Nc4ccc(OCc5cccc(F)c5)c(Cl)c4)ncnc3cc2OC)o1. The minimum Gasteiger partial charge on any atom is -0.496 e. The van der Waals surface area contributed by atoms with Crippen LogP contribution in [0.3, 0.4) is 0 Å². The van der Waals surface area contributed by atoms with Gasteiger partial charge in [0.2, 0.25) is 5.91 Å². The van der Waals surface area contributed by atoms with Crippen LogP contribution in [-0.4, -0.2) is 36.6 Å². The number of nitrogens with one attached hydrogen (secondary N) is 3. The van der Waals surface area contributed by atoms with Gasteiger partial charge >= 0.3 is 0 Å². The molecule has 0 radical (unpaired) electrons. The van der Waals surface area contributed by atoms with Crippen molar-refractivity contribution in [2.24, 2.45) is 0 Å². The Kier molecular flexibility index (Phi) is 9.15. The van der Waals surface area contributed by atoms with Crippen LogP contribution in [0, 0.1) is 5.82 Å². The number of ether oxygens (including phenoxy) is 2. The van der Waals surface area contributed by atoms with Gasteiger partial charge < -0.3 is 29.8 Å². The number of hydrogen-bond donors (Lipinski definition) is 3. The molecular formula is C31H29ClFN5O4. The van der Waals surface area contributed by atoms with Crippen molar-refractivity contribution in [3.05, 3.63) is 95.2 Å². The number of aromatic nitrogens is 2. The van der Waals surface area contributed by atoms with Gasteiger partial charge in [0.15, 0.2) is 0 Å². The molecule has 0 spiro atoms. The van der Waals surface area contributed by atoms with Crippen LogP contribution in [-0.2, 0) is 17.9 Å². The van der Waals surface area contributed by atoms with Gasteiger partial charge in [0.05, 0.1) is 29.8 Å². The van der Waals surface area contributed by atoms with Crippen molar-refractivity contribution < 1.29 is 23.1 Å². The van der Waals surface area contributed by atoms with Gasteiger partial charge in [-0.3, -0.25) is 4.79 Å². The van der Waals surface area contributed by atoms with E-state index in [-0.39, 0.29) is 18.3 Å². The second kappa shape index (κ2) is 13.3. The molecule has 3 aromatic carbocycles. The van der Waals surface area contributed by atoms with Gasteiger partial charge in [-0.2, -0.15) is 0 Å². The molecule has 2 heterocycles. The van der Waals surface area contributed by atoms with Gasteiger partial charge in [-0.15, -0.1) is 0 Å². The highest BCUT2D eigenvalue weighted by atomic mass is 35.5. The maximum Gasteiger partial charge on any atom is 0.221 e. The number of amides is 1. The van der Waals surface area contributed by atoms with E-state index >= 15 is 0 Å². The Balaban J connectivity index is 1.34. The minimum atomic E-state index is -0.321. The molecule has 1 amide bonds. The Bertz CT molecular complexity index is 1710. The van der Waals surface area contributed by atoms with E-state index in [4.69, 9.17) is 25.5 Å². The van der Waals surface area contributed by atoms with Gasteiger partial charge in [0, 0.05) is 37.2 Å². The Morgan fingerprint density at radius 1 is 1.05 bits per heavy atom. The second-order valence-corrected chi connectivity index (χ2v) is 9.75. The van der Waals surface area contributed by atoms with Gasteiger partial charge in [0.1, 0.15) is 47.6 Å². The first kappa shape index (κ1) is 28.8. The largest absolute Gasteiger partial charge is 0.496 e. The zero-order chi connectivity index (χ0) is 29.5. The van der Waals surface area contributed by atoms with Crippen molar-refractivity contribution in [3.63, 3.8) is 0 Å². The van der Waals surface area contributed by atoms with Crippen molar-refractivity contribution in [2.75, 3.05) is 26.0 Å². The highest BCUT2D eigenvalue weighted by Crippen LogP contribution is 2.37. The lowest BCUT2D eigenvalue weighted by atomic mass is 10.1. The minimum absolute atomic E-state index is 0.0254. The lowest BCUT2D eigenvalue weighted by Crippen LogP contribution is -2.24. The molecule has 11 heteroatoms. The van der Waals surface area contributed by atoms with Crippen LogP contribution >= 0.6 is 11.6 Å². The summed E-state index contributed by atoms with van der Waals surface area (Å²) in [7, 11) is 3.21. The predicted molar refractivity (Wildman–Crippen MR) is 160 cm³/mol. The summed E-state index contributed by atoms with van der Waals surface area (Å²) in [5.41, 5.74) is 2.81. The average molecular weight is 590 g/mol. The zero-order valence-electron chi connectivity index (χ0n) is 23.0. The summed E-state index contributed by atoms with van der Waals surface area (Å²) < 4.78 is 31.0. The summed E-state index contributed by atoms with van der Waals surface area (Å²) in [5, 5.41) is 10.3. The summed E-state index contributed by atoms with van der Waals surface area (Å²) in [4.78, 5) is 20.3. The smallest absolute Gasteiger partial charge is 0.221 e. The molecule has 9 nitrogen and oxygen atoms in total. The predicted octanol–water partition coefficient (Wildman–Crippen LogP) is 6.24. The quantitative estimate of drug-likeness (QED) is 0.147. The van der Waals surface area contributed by atoms with Crippen molar-refractivity contribution >= 4 is 39.9 Å². The zero-order valence-corrected chi connectivity index (χ0v) is 23.8. The van der Waals surface area contributed by atoms with E-state index in [1.54, 1.807) is 38.4 Å². The second-order valence-electron chi connectivity index (χ2n) is 9.35. The summed E-state index contributed by atoms with van der Waals surface area (Å²) in [6.07, 6.45) is 1.85. The van der Waals surface area contributed by atoms with Crippen LogP contribution in [0.1, 0.15) is 17.7 Å². The fourth-order valence-electron chi connectivity index (χ4n) is 4.32. The molecule has 0 bridgehead atoms. The molecule has 216 valence electrons. The lowest BCUT2D eigenvalue weighted by Gasteiger charge is -2.13. The van der Waals surface area contributed by atoms with Crippen molar-refractivity contribution in [3.8, 4) is 22.8 Å². The number of carbonyl (C=O) groups is 1. The van der Waals surface area contributed by atoms with Crippen LogP contribution in [0.15, 0.2) is 77.5 Å². The summed E-state index contributed by atoms with van der Waals surface area (Å²) in [6, 6.07) is 19.0. The number of hydrogen-bond acceptors (Lipinski definition) is 8. The van der Waals surface area contributed by atoms with E-state index in [2.05, 4.69) is 25.9 Å². The van der Waals surface area contributed by atoms with E-state index in [9.17, 15) is 9.18 Å². The highest BCUT2D eigenvalue weighted by molar-refractivity contribution is 6.32. The maximum absolute atomic E-state index is 13.5. The topological polar surface area (TPSA) is 111 Å². The normalized spacial score (nSPS) is 11.0. The molecule has 0 aliphatic rings. The highest BCUT2D eigenvalue weighted by Gasteiger charge is 2.16. The van der Waals surface area contributed by atoms with Crippen LogP contribution in [0.2, 0.25) is 5.02 Å². The number of fused-ring (bicyclic) bond motifs is 1. The lowest BCUT2D eigenvalue weighted by molar-refractivity contribution is -0.120. The summed E-state index contributed by atoms with van der Waals surface area (Å²) >= 11 is 6.50. The molecule has 42 heavy (non-hydrogen) atoms. The number of halogens is 2. The third-order valence-electron chi connectivity index (χ3n) is 6.47. The number of furan rings is 1. The van der Waals surface area contributed by atoms with Gasteiger partial charge in [0.25, 0.3) is 0 Å². The Labute approximate surface area is 247 Å². The first-order valence-electron chi connectivity index (χ1n) is 13.2. The number of anilines is 2. The molecule has 5 aromatic rings. The Hall–Kier alpha value is -4.67. The number of carbonyl (C=O) groups excluding carboxylic acids is 1. The van der Waals surface area contributed by atoms with E-state index in [0.717, 1.165) is 16.7 Å². The molecule has 0 aliphatic carbocycles. The summed E-state index contributed by atoms with van der Waals surface area (Å²) in [6.45, 7) is 1.20. The monoisotopic (exact) mass is 589 g/mol. The standard InChI is InChI=1S/C31H29ClFN5O4/c1-34-30(39)10-11-35-16-22-7-9-27(42-22)24-14-23-26(15-29(24)40-2)36-18-37-31(23)38-21-6-8-28(25(32)13-21)41-17-19-4-3-5-20(33)12-19/h3-9,12-15,18,35H,10-11,16-17H2,1-2H3,(H,34,39)(H,36,37,38). The van der Waals surface area contributed by atoms with Gasteiger partial charge in [-0.25, -0.2) is 14.4 Å². The van der Waals surface area contributed by atoms with Crippen molar-refractivity contribution in [1.29, 1.82) is 0 Å². The first-order chi connectivity index (χ1) is 20.4. The molecule has 3 N–H and O–H groups in total. The molecule has 0 saturated carbocycles. The third-order valence-corrected chi connectivity index (χ3v) is 6.76. The van der Waals surface area contributed by atoms with Gasteiger partial charge in [-0.05, 0) is 54.1 Å². The van der Waals surface area contributed by atoms with Crippen LogP contribution in [0.5, 0.6) is 11.5 Å². The van der Waals surface area contributed by atoms with Crippen LogP contribution in [0.25, 0.3) is 22.2 Å². The molecular weight excluding hydrogens is 561 g/mol. The van der Waals surface area contributed by atoms with E-state index in [0.29, 0.717) is 64.4 Å². The third kappa shape index (κ3) is 6.96. The van der Waals surface area contributed by atoms with E-state index in [1.807, 2.05) is 30.3 Å². The fourth-order valence-corrected chi connectivity index (χ4v) is 4.56. The Morgan fingerprint density at radius 3 is 2.71 bits per heavy atom. The molecule has 0 atom stereocenters. The van der Waals surface area contributed by atoms with E-state index < -0.39 is 0 Å². The van der Waals surface area contributed by atoms with Crippen molar-refractivity contribution in [2.45, 2.75) is 19.6 Å². The van der Waals surface area contributed by atoms with Crippen LogP contribution in [0.4, 0.5) is 15.9 Å². The van der Waals surface area contributed by atoms with Crippen LogP contribution < -0.4 is 25.4 Å². The molecule has 0 fully saturated rings. The number of benzene rings is 3. The van der Waals surface area contributed by atoms with E-state index in [1.165, 1.54) is 18.5 Å². The molecule has 5 rings (SSSR count). The first-order valence-corrected chi connectivity index (χ1v) is 13.6. The maximum atomic E-state index is 13.5. The number of methoxy groups -OCH3 is 1. The summed E-state index contributed by atoms with van der Waals surface area (Å²) in [5.74, 6) is 2.64. The number of nitrogens with zero attached hydrogens (tertiary/aromatic N) is 2. The molecule has 2 aromatic heterocycles. The van der Waals surface area contributed by atoms with Crippen molar-refractivity contribution in [1.82, 2.24) is 20.6 Å². The van der Waals surface area contributed by atoms with Gasteiger partial charge in [-0.1, -0.05) is 23.7 Å². The molecule has 0 unspecified atom stereocenters. The molecule has 0 saturated heterocycles. The average Bonchev–Trinajstić information content (AvgIpc) is 3.47. The molecule has 0 aliphatic heterocycles. The Morgan fingerprint density at radius 2 is 1.93 bits per heavy atom. The number of rotatable bonds is 12. The fraction of sp³-hybridized carbons (Fsp3) is 0.194.